The lowest BCUT2D eigenvalue weighted by molar-refractivity contribution is -0.152. The zero-order valence-electron chi connectivity index (χ0n) is 17.7. The van der Waals surface area contributed by atoms with Crippen molar-refractivity contribution in [1.29, 1.82) is 0 Å². The van der Waals surface area contributed by atoms with Crippen LogP contribution < -0.4 is 10.6 Å². The maximum Gasteiger partial charge on any atom is 0.407 e. The molecule has 3 aliphatic carbocycles. The van der Waals surface area contributed by atoms with Crippen LogP contribution in [0.5, 0.6) is 0 Å². The summed E-state index contributed by atoms with van der Waals surface area (Å²) in [5.74, 6) is -1.31. The number of fused-ring (bicyclic) bond motifs is 3. The number of ether oxygens (including phenoxy) is 1. The van der Waals surface area contributed by atoms with Gasteiger partial charge in [-0.3, -0.25) is 4.79 Å². The normalized spacial score (nSPS) is 19.1. The Morgan fingerprint density at radius 3 is 2.03 bits per heavy atom. The van der Waals surface area contributed by atoms with Crippen molar-refractivity contribution in [1.82, 2.24) is 10.6 Å². The fourth-order valence-electron chi connectivity index (χ4n) is 4.80. The summed E-state index contributed by atoms with van der Waals surface area (Å²) in [6, 6.07) is 16.3. The Hall–Kier alpha value is -3.35. The topological polar surface area (TPSA) is 105 Å². The summed E-state index contributed by atoms with van der Waals surface area (Å²) in [6.07, 6.45) is 2.37. The quantitative estimate of drug-likeness (QED) is 0.619. The number of carbonyl (C=O) groups excluding carboxylic acids is 2. The largest absolute Gasteiger partial charge is 0.480 e. The highest BCUT2D eigenvalue weighted by atomic mass is 16.5. The van der Waals surface area contributed by atoms with Crippen molar-refractivity contribution in [3.05, 3.63) is 59.7 Å². The monoisotopic (exact) mass is 434 g/mol. The maximum absolute atomic E-state index is 12.7. The Bertz CT molecular complexity index is 1040. The van der Waals surface area contributed by atoms with Crippen LogP contribution >= 0.6 is 0 Å². The molecule has 0 aromatic heterocycles. The molecule has 32 heavy (non-hydrogen) atoms. The molecule has 166 valence electrons. The van der Waals surface area contributed by atoms with Gasteiger partial charge in [0.2, 0.25) is 5.91 Å². The molecule has 0 atom stereocenters. The molecular weight excluding hydrogens is 408 g/mol. The molecule has 2 saturated carbocycles. The van der Waals surface area contributed by atoms with Crippen LogP contribution in [0.3, 0.4) is 0 Å². The number of hydrogen-bond acceptors (Lipinski definition) is 4. The molecule has 0 bridgehead atoms. The average Bonchev–Trinajstić information content (AvgIpc) is 3.50. The van der Waals surface area contributed by atoms with Gasteiger partial charge in [-0.2, -0.15) is 0 Å². The van der Waals surface area contributed by atoms with Gasteiger partial charge in [-0.25, -0.2) is 9.59 Å². The summed E-state index contributed by atoms with van der Waals surface area (Å²) in [4.78, 5) is 36.7. The third-order valence-electron chi connectivity index (χ3n) is 7.22. The maximum atomic E-state index is 12.7. The van der Waals surface area contributed by atoms with E-state index in [0.29, 0.717) is 25.7 Å². The highest BCUT2D eigenvalue weighted by molar-refractivity contribution is 5.92. The van der Waals surface area contributed by atoms with Crippen LogP contribution in [0.2, 0.25) is 0 Å². The van der Waals surface area contributed by atoms with Crippen LogP contribution in [-0.4, -0.2) is 41.8 Å². The van der Waals surface area contributed by atoms with Crippen molar-refractivity contribution in [2.45, 2.75) is 43.6 Å². The Morgan fingerprint density at radius 2 is 1.53 bits per heavy atom. The van der Waals surface area contributed by atoms with Crippen LogP contribution in [0.4, 0.5) is 4.79 Å². The molecule has 0 unspecified atom stereocenters. The van der Waals surface area contributed by atoms with Crippen LogP contribution in [0.25, 0.3) is 11.1 Å². The zero-order valence-corrected chi connectivity index (χ0v) is 17.7. The van der Waals surface area contributed by atoms with Gasteiger partial charge in [-0.1, -0.05) is 48.5 Å². The molecular formula is C25H26N2O5. The second kappa shape index (κ2) is 7.65. The number of hydrogen-bond donors (Lipinski definition) is 3. The second-order valence-corrected chi connectivity index (χ2v) is 9.15. The van der Waals surface area contributed by atoms with Crippen molar-refractivity contribution in [3.63, 3.8) is 0 Å². The van der Waals surface area contributed by atoms with E-state index in [9.17, 15) is 19.5 Å². The molecule has 0 aliphatic heterocycles. The van der Waals surface area contributed by atoms with Crippen LogP contribution in [0.15, 0.2) is 48.5 Å². The molecule has 0 saturated heterocycles. The number of benzene rings is 2. The van der Waals surface area contributed by atoms with Gasteiger partial charge in [0.15, 0.2) is 0 Å². The first kappa shape index (κ1) is 20.5. The lowest BCUT2D eigenvalue weighted by Gasteiger charge is -2.39. The van der Waals surface area contributed by atoms with Gasteiger partial charge in [0.25, 0.3) is 0 Å². The first-order valence-corrected chi connectivity index (χ1v) is 11.1. The van der Waals surface area contributed by atoms with Crippen molar-refractivity contribution >= 4 is 18.0 Å². The number of carboxylic acids is 1. The average molecular weight is 434 g/mol. The van der Waals surface area contributed by atoms with E-state index in [4.69, 9.17) is 4.74 Å². The van der Waals surface area contributed by atoms with E-state index in [-0.39, 0.29) is 25.0 Å². The van der Waals surface area contributed by atoms with Crippen molar-refractivity contribution in [3.8, 4) is 11.1 Å². The van der Waals surface area contributed by atoms with Crippen LogP contribution in [-0.2, 0) is 14.3 Å². The summed E-state index contributed by atoms with van der Waals surface area (Å²) >= 11 is 0. The van der Waals surface area contributed by atoms with E-state index in [1.165, 1.54) is 0 Å². The van der Waals surface area contributed by atoms with E-state index in [1.54, 1.807) is 0 Å². The Kier molecular flexibility index (Phi) is 4.92. The number of rotatable bonds is 7. The van der Waals surface area contributed by atoms with E-state index in [1.807, 2.05) is 24.3 Å². The molecule has 2 amide bonds. The zero-order chi connectivity index (χ0) is 22.3. The summed E-state index contributed by atoms with van der Waals surface area (Å²) in [6.45, 7) is 0.354. The lowest BCUT2D eigenvalue weighted by atomic mass is 9.76. The van der Waals surface area contributed by atoms with Gasteiger partial charge < -0.3 is 20.5 Å². The number of carboxylic acid groups (broad SMARTS) is 1. The lowest BCUT2D eigenvalue weighted by Crippen LogP contribution is -2.61. The number of carbonyl (C=O) groups is 3. The molecule has 0 radical (unpaired) electrons. The number of alkyl carbamates (subject to hydrolysis) is 1. The minimum Gasteiger partial charge on any atom is -0.480 e. The number of nitrogens with one attached hydrogen (secondary N) is 2. The molecule has 3 aliphatic rings. The third kappa shape index (κ3) is 3.42. The standard InChI is InChI=1S/C25H26N2O5/c28-21(27-25(22(29)30)10-5-11-25)24(12-13-24)15-26-23(31)32-14-20-18-8-3-1-6-16(18)17-7-2-4-9-19(17)20/h1-4,6-9,20H,5,10-15H2,(H,26,31)(H,27,28)(H,29,30). The summed E-state index contributed by atoms with van der Waals surface area (Å²) < 4.78 is 5.54. The van der Waals surface area contributed by atoms with Crippen molar-refractivity contribution in [2.75, 3.05) is 13.2 Å². The molecule has 3 N–H and O–H groups in total. The first-order valence-electron chi connectivity index (χ1n) is 11.1. The molecule has 7 heteroatoms. The number of amides is 2. The predicted molar refractivity (Wildman–Crippen MR) is 117 cm³/mol. The van der Waals surface area contributed by atoms with Gasteiger partial charge in [-0.05, 0) is 54.4 Å². The molecule has 0 spiro atoms. The Balaban J connectivity index is 1.18. The van der Waals surface area contributed by atoms with E-state index < -0.39 is 23.0 Å². The highest BCUT2D eigenvalue weighted by Gasteiger charge is 2.54. The van der Waals surface area contributed by atoms with E-state index in [0.717, 1.165) is 28.7 Å². The summed E-state index contributed by atoms with van der Waals surface area (Å²) in [7, 11) is 0. The van der Waals surface area contributed by atoms with Crippen molar-refractivity contribution in [2.24, 2.45) is 5.41 Å². The Morgan fingerprint density at radius 1 is 0.938 bits per heavy atom. The smallest absolute Gasteiger partial charge is 0.407 e. The van der Waals surface area contributed by atoms with E-state index >= 15 is 0 Å². The van der Waals surface area contributed by atoms with Crippen LogP contribution in [0.1, 0.15) is 49.1 Å². The molecule has 2 fully saturated rings. The third-order valence-corrected chi connectivity index (χ3v) is 7.22. The molecule has 5 rings (SSSR count). The van der Waals surface area contributed by atoms with Crippen LogP contribution in [0, 0.1) is 5.41 Å². The molecule has 2 aromatic carbocycles. The second-order valence-electron chi connectivity index (χ2n) is 9.15. The summed E-state index contributed by atoms with van der Waals surface area (Å²) in [5.41, 5.74) is 2.72. The van der Waals surface area contributed by atoms with Gasteiger partial charge >= 0.3 is 12.1 Å². The van der Waals surface area contributed by atoms with Gasteiger partial charge in [0.05, 0.1) is 5.41 Å². The van der Waals surface area contributed by atoms with Gasteiger partial charge in [-0.15, -0.1) is 0 Å². The van der Waals surface area contributed by atoms with Gasteiger partial charge in [0, 0.05) is 12.5 Å². The minimum atomic E-state index is -1.14. The number of aliphatic carboxylic acids is 1. The SMILES string of the molecule is O=C(NCC1(C(=O)NC2(C(=O)O)CCC2)CC1)OCC1c2ccccc2-c2ccccc21. The summed E-state index contributed by atoms with van der Waals surface area (Å²) in [5, 5.41) is 14.9. The molecule has 2 aromatic rings. The fraction of sp³-hybridized carbons (Fsp3) is 0.400. The predicted octanol–water partition coefficient (Wildman–Crippen LogP) is 3.43. The minimum absolute atomic E-state index is 0.0274. The van der Waals surface area contributed by atoms with E-state index in [2.05, 4.69) is 34.9 Å². The Labute approximate surface area is 186 Å². The first-order chi connectivity index (χ1) is 15.4. The molecule has 7 nitrogen and oxygen atoms in total. The van der Waals surface area contributed by atoms with Crippen molar-refractivity contribution < 1.29 is 24.2 Å². The molecule has 0 heterocycles. The highest BCUT2D eigenvalue weighted by Crippen LogP contribution is 2.47. The fourth-order valence-corrected chi connectivity index (χ4v) is 4.80. The van der Waals surface area contributed by atoms with Gasteiger partial charge in [0.1, 0.15) is 12.1 Å².